The van der Waals surface area contributed by atoms with Gasteiger partial charge in [0.15, 0.2) is 0 Å². The van der Waals surface area contributed by atoms with Crippen molar-refractivity contribution in [2.45, 2.75) is 32.6 Å². The minimum atomic E-state index is -4.64. The van der Waals surface area contributed by atoms with E-state index in [1.165, 1.54) is 25.7 Å². The van der Waals surface area contributed by atoms with Crippen LogP contribution in [-0.4, -0.2) is 20.6 Å². The predicted molar refractivity (Wildman–Crippen MR) is 50.2 cm³/mol. The zero-order valence-corrected chi connectivity index (χ0v) is 11.8. The summed E-state index contributed by atoms with van der Waals surface area (Å²) >= 11 is 5.44. The zero-order valence-electron chi connectivity index (χ0n) is 9.11. The molecule has 4 nitrogen and oxygen atoms in total. The first kappa shape index (κ1) is 19.9. The van der Waals surface area contributed by atoms with E-state index in [0.717, 1.165) is 5.88 Å². The molecule has 0 aromatic heterocycles. The Balaban J connectivity index is -0.0000000651. The average Bonchev–Trinajstić information content (AvgIpc) is 1.85. The number of halogens is 1. The second-order valence-electron chi connectivity index (χ2n) is 2.26. The molecule has 0 radical (unpaired) electrons. The van der Waals surface area contributed by atoms with Crippen LogP contribution in [0.15, 0.2) is 0 Å². The molecular formula is C6H17ClNaO4P. The molecular weight excluding hydrogens is 225 g/mol. The maximum Gasteiger partial charge on any atom is 1.00 e. The van der Waals surface area contributed by atoms with Gasteiger partial charge in [-0.05, 0) is 6.42 Å². The van der Waals surface area contributed by atoms with Crippen LogP contribution >= 0.6 is 19.4 Å². The predicted octanol–water partition coefficient (Wildman–Crippen LogP) is -1.01. The molecule has 3 N–H and O–H groups in total. The molecule has 0 unspecified atom stereocenters. The molecule has 0 saturated heterocycles. The SMILES string of the molecule is CCCCCCCl.O=P(O)(O)O.[H-].[Na+]. The summed E-state index contributed by atoms with van der Waals surface area (Å²) in [6.07, 6.45) is 5.14. The summed E-state index contributed by atoms with van der Waals surface area (Å²) in [4.78, 5) is 21.6. The average molecular weight is 243 g/mol. The number of rotatable bonds is 4. The van der Waals surface area contributed by atoms with Crippen LogP contribution in [0.1, 0.15) is 34.0 Å². The van der Waals surface area contributed by atoms with Crippen LogP contribution in [0.2, 0.25) is 0 Å². The first-order chi connectivity index (χ1) is 5.41. The van der Waals surface area contributed by atoms with E-state index in [2.05, 4.69) is 6.92 Å². The van der Waals surface area contributed by atoms with Crippen LogP contribution in [0.5, 0.6) is 0 Å². The fourth-order valence-electron chi connectivity index (χ4n) is 0.521. The first-order valence-corrected chi connectivity index (χ1v) is 5.86. The molecule has 0 aromatic rings. The van der Waals surface area contributed by atoms with Gasteiger partial charge >= 0.3 is 37.4 Å². The number of phosphoric acid groups is 1. The van der Waals surface area contributed by atoms with E-state index in [1.54, 1.807) is 0 Å². The monoisotopic (exact) mass is 242 g/mol. The fraction of sp³-hybridized carbons (Fsp3) is 1.00. The van der Waals surface area contributed by atoms with Crippen molar-refractivity contribution in [1.82, 2.24) is 0 Å². The molecule has 78 valence electrons. The Morgan fingerprint density at radius 3 is 1.85 bits per heavy atom. The Morgan fingerprint density at radius 1 is 1.23 bits per heavy atom. The Morgan fingerprint density at radius 2 is 1.62 bits per heavy atom. The van der Waals surface area contributed by atoms with Crippen molar-refractivity contribution in [3.63, 3.8) is 0 Å². The third kappa shape index (κ3) is 59.7. The summed E-state index contributed by atoms with van der Waals surface area (Å²) in [6.45, 7) is 2.20. The zero-order chi connectivity index (χ0) is 10.0. The molecule has 0 amide bonds. The van der Waals surface area contributed by atoms with E-state index in [9.17, 15) is 0 Å². The summed E-state index contributed by atoms with van der Waals surface area (Å²) in [7, 11) is -4.64. The third-order valence-corrected chi connectivity index (χ3v) is 1.25. The minimum Gasteiger partial charge on any atom is -1.00 e. The van der Waals surface area contributed by atoms with Gasteiger partial charge in [0, 0.05) is 5.88 Å². The quantitative estimate of drug-likeness (QED) is 0.256. The van der Waals surface area contributed by atoms with Crippen LogP contribution < -0.4 is 29.6 Å². The molecule has 0 spiro atoms. The van der Waals surface area contributed by atoms with Crippen LogP contribution in [0.3, 0.4) is 0 Å². The Kier molecular flexibility index (Phi) is 20.5. The number of hydrogen-bond donors (Lipinski definition) is 3. The third-order valence-electron chi connectivity index (χ3n) is 0.987. The molecule has 0 aliphatic carbocycles. The Hall–Kier alpha value is 1.40. The van der Waals surface area contributed by atoms with Gasteiger partial charge in [-0.15, -0.1) is 11.6 Å². The van der Waals surface area contributed by atoms with E-state index in [0.29, 0.717) is 0 Å². The minimum absolute atomic E-state index is 0. The molecule has 0 atom stereocenters. The van der Waals surface area contributed by atoms with Crippen molar-refractivity contribution in [3.8, 4) is 0 Å². The molecule has 0 aliphatic rings. The summed E-state index contributed by atoms with van der Waals surface area (Å²) in [6, 6.07) is 0. The van der Waals surface area contributed by atoms with E-state index < -0.39 is 7.82 Å². The topological polar surface area (TPSA) is 77.8 Å². The van der Waals surface area contributed by atoms with Crippen LogP contribution in [0, 0.1) is 0 Å². The number of alkyl halides is 1. The maximum atomic E-state index is 8.88. The van der Waals surface area contributed by atoms with Crippen LogP contribution in [0.25, 0.3) is 0 Å². The Labute approximate surface area is 108 Å². The van der Waals surface area contributed by atoms with Crippen molar-refractivity contribution in [2.75, 3.05) is 5.88 Å². The first-order valence-electron chi connectivity index (χ1n) is 3.76. The largest absolute Gasteiger partial charge is 1.00 e. The number of hydrogen-bond acceptors (Lipinski definition) is 1. The van der Waals surface area contributed by atoms with Gasteiger partial charge in [0.1, 0.15) is 0 Å². The van der Waals surface area contributed by atoms with E-state index in [4.69, 9.17) is 30.8 Å². The summed E-state index contributed by atoms with van der Waals surface area (Å²) in [5.41, 5.74) is 0. The molecule has 0 rings (SSSR count). The Bertz CT molecular complexity index is 123. The normalized spacial score (nSPS) is 9.62. The second-order valence-corrected chi connectivity index (χ2v) is 3.67. The standard InChI is InChI=1S/C6H13Cl.Na.H3O4P.H/c1-2-3-4-5-6-7;;1-5(2,3)4;/h2-6H2,1H3;;(H3,1,2,3,4);/q;+1;;-1. The van der Waals surface area contributed by atoms with Gasteiger partial charge in [-0.2, -0.15) is 0 Å². The molecule has 0 saturated carbocycles. The molecule has 0 heterocycles. The van der Waals surface area contributed by atoms with Gasteiger partial charge in [-0.25, -0.2) is 4.57 Å². The molecule has 0 bridgehead atoms. The van der Waals surface area contributed by atoms with Gasteiger partial charge in [0.2, 0.25) is 0 Å². The van der Waals surface area contributed by atoms with Crippen molar-refractivity contribution in [2.24, 2.45) is 0 Å². The van der Waals surface area contributed by atoms with Gasteiger partial charge in [0.05, 0.1) is 0 Å². The van der Waals surface area contributed by atoms with Crippen molar-refractivity contribution < 1.29 is 50.2 Å². The summed E-state index contributed by atoms with van der Waals surface area (Å²) < 4.78 is 8.88. The molecule has 0 aromatic carbocycles. The molecule has 0 fully saturated rings. The van der Waals surface area contributed by atoms with Crippen LogP contribution in [-0.2, 0) is 4.57 Å². The van der Waals surface area contributed by atoms with Crippen LogP contribution in [0.4, 0.5) is 0 Å². The summed E-state index contributed by atoms with van der Waals surface area (Å²) in [5.74, 6) is 0.833. The van der Waals surface area contributed by atoms with Crippen molar-refractivity contribution in [1.29, 1.82) is 0 Å². The fourth-order valence-corrected chi connectivity index (χ4v) is 0.710. The van der Waals surface area contributed by atoms with Gasteiger partial charge < -0.3 is 16.1 Å². The van der Waals surface area contributed by atoms with Crippen molar-refractivity contribution in [3.05, 3.63) is 0 Å². The molecule has 13 heavy (non-hydrogen) atoms. The van der Waals surface area contributed by atoms with Crippen molar-refractivity contribution >= 4 is 19.4 Å². The number of unbranched alkanes of at least 4 members (excludes halogenated alkanes) is 3. The smallest absolute Gasteiger partial charge is 1.00 e. The van der Waals surface area contributed by atoms with Gasteiger partial charge in [0.25, 0.3) is 0 Å². The van der Waals surface area contributed by atoms with E-state index in [-0.39, 0.29) is 31.0 Å². The van der Waals surface area contributed by atoms with Gasteiger partial charge in [-0.1, -0.05) is 26.2 Å². The molecule has 0 aliphatic heterocycles. The van der Waals surface area contributed by atoms with E-state index >= 15 is 0 Å². The molecule has 7 heteroatoms. The maximum absolute atomic E-state index is 8.88. The van der Waals surface area contributed by atoms with Gasteiger partial charge in [-0.3, -0.25) is 0 Å². The van der Waals surface area contributed by atoms with E-state index in [1.807, 2.05) is 0 Å². The summed E-state index contributed by atoms with van der Waals surface area (Å²) in [5, 5.41) is 0. The second kappa shape index (κ2) is 13.4.